The molecule has 0 spiro atoms. The van der Waals surface area contributed by atoms with Crippen LogP contribution in [0.25, 0.3) is 22.3 Å². The van der Waals surface area contributed by atoms with Crippen LogP contribution in [0.3, 0.4) is 0 Å². The van der Waals surface area contributed by atoms with Gasteiger partial charge in [-0.3, -0.25) is 0 Å². The summed E-state index contributed by atoms with van der Waals surface area (Å²) in [6.45, 7) is 2.13. The van der Waals surface area contributed by atoms with E-state index in [4.69, 9.17) is 0 Å². The minimum atomic E-state index is -4.60. The third kappa shape index (κ3) is 7.34. The first-order chi connectivity index (χ1) is 21.5. The quantitative estimate of drug-likeness (QED) is 0.125. The van der Waals surface area contributed by atoms with E-state index < -0.39 is 57.9 Å². The molecular formula is C36H32F8O. The highest BCUT2D eigenvalue weighted by Crippen LogP contribution is 2.42. The lowest BCUT2D eigenvalue weighted by Crippen LogP contribution is -2.26. The first-order valence-corrected chi connectivity index (χ1v) is 15.1. The molecule has 1 fully saturated rings. The SMILES string of the molecule is CCCCCC1CCC(c2cc(F)c(C(F)(F)Oc3cc(F)c(-c4ccc(-c5ccc(F)cc5)c(F)c4)c(F)c3)c(F)c2)CC1. The predicted molar refractivity (Wildman–Crippen MR) is 157 cm³/mol. The normalized spacial score (nSPS) is 17.0. The largest absolute Gasteiger partial charge is 0.432 e. The van der Waals surface area contributed by atoms with Crippen molar-refractivity contribution in [2.75, 3.05) is 0 Å². The van der Waals surface area contributed by atoms with E-state index in [1.54, 1.807) is 0 Å². The number of hydrogen-bond acceptors (Lipinski definition) is 1. The number of hydrogen-bond donors (Lipinski definition) is 0. The highest BCUT2D eigenvalue weighted by molar-refractivity contribution is 5.72. The summed E-state index contributed by atoms with van der Waals surface area (Å²) in [5.41, 5.74) is -1.97. The summed E-state index contributed by atoms with van der Waals surface area (Å²) in [6, 6.07) is 10.9. The maximum Gasteiger partial charge on any atom is 0.432 e. The standard InChI is InChI=1S/C36H32F8O/c1-2-3-4-5-21-6-8-22(9-7-21)25-17-32(41)35(33(42)18-25)36(43,44)45-27-19-30(39)34(31(40)20-27)24-12-15-28(29(38)16-24)23-10-13-26(37)14-11-23/h10-22H,2-9H2,1H3. The summed E-state index contributed by atoms with van der Waals surface area (Å²) in [5, 5.41) is 0. The van der Waals surface area contributed by atoms with Gasteiger partial charge in [0.2, 0.25) is 0 Å². The fraction of sp³-hybridized carbons (Fsp3) is 0.333. The van der Waals surface area contributed by atoms with Gasteiger partial charge in [0.1, 0.15) is 46.2 Å². The Balaban J connectivity index is 1.32. The molecule has 0 aromatic heterocycles. The average molecular weight is 633 g/mol. The van der Waals surface area contributed by atoms with Gasteiger partial charge in [-0.05, 0) is 84.5 Å². The van der Waals surface area contributed by atoms with Gasteiger partial charge < -0.3 is 4.74 Å². The zero-order valence-corrected chi connectivity index (χ0v) is 24.6. The van der Waals surface area contributed by atoms with E-state index >= 15 is 26.3 Å². The Morgan fingerprint density at radius 1 is 0.667 bits per heavy atom. The summed E-state index contributed by atoms with van der Waals surface area (Å²) < 4.78 is 123. The molecule has 1 aliphatic carbocycles. The highest BCUT2D eigenvalue weighted by Gasteiger charge is 2.42. The summed E-state index contributed by atoms with van der Waals surface area (Å²) in [6.07, 6.45) is 3.12. The number of rotatable bonds is 10. The van der Waals surface area contributed by atoms with E-state index in [-0.39, 0.29) is 22.6 Å². The van der Waals surface area contributed by atoms with Crippen LogP contribution in [0, 0.1) is 40.8 Å². The molecule has 9 heteroatoms. The van der Waals surface area contributed by atoms with E-state index in [2.05, 4.69) is 11.7 Å². The molecule has 4 aromatic rings. The van der Waals surface area contributed by atoms with Gasteiger partial charge in [-0.1, -0.05) is 56.9 Å². The fourth-order valence-corrected chi connectivity index (χ4v) is 6.19. The first kappa shape index (κ1) is 32.5. The van der Waals surface area contributed by atoms with Crippen molar-refractivity contribution in [1.82, 2.24) is 0 Å². The Hall–Kier alpha value is -3.88. The Morgan fingerprint density at radius 2 is 1.27 bits per heavy atom. The van der Waals surface area contributed by atoms with Crippen LogP contribution in [0.4, 0.5) is 35.1 Å². The minimum Gasteiger partial charge on any atom is -0.429 e. The van der Waals surface area contributed by atoms with Crippen LogP contribution in [0.15, 0.2) is 66.7 Å². The van der Waals surface area contributed by atoms with Gasteiger partial charge in [0.05, 0.1) is 5.56 Å². The fourth-order valence-electron chi connectivity index (χ4n) is 6.19. The van der Waals surface area contributed by atoms with Crippen molar-refractivity contribution < 1.29 is 39.9 Å². The number of unbranched alkanes of at least 4 members (excludes halogenated alkanes) is 2. The maximum absolute atomic E-state index is 15.1. The van der Waals surface area contributed by atoms with Gasteiger partial charge in [-0.25, -0.2) is 26.3 Å². The van der Waals surface area contributed by atoms with Crippen molar-refractivity contribution in [3.05, 3.63) is 113 Å². The molecule has 1 nitrogen and oxygen atoms in total. The molecule has 0 N–H and O–H groups in total. The molecule has 45 heavy (non-hydrogen) atoms. The molecule has 0 atom stereocenters. The smallest absolute Gasteiger partial charge is 0.429 e. The van der Waals surface area contributed by atoms with Gasteiger partial charge in [0, 0.05) is 17.7 Å². The van der Waals surface area contributed by atoms with Crippen LogP contribution < -0.4 is 4.74 Å². The van der Waals surface area contributed by atoms with Crippen molar-refractivity contribution in [1.29, 1.82) is 0 Å². The Kier molecular flexibility index (Phi) is 9.85. The third-order valence-electron chi connectivity index (χ3n) is 8.56. The summed E-state index contributed by atoms with van der Waals surface area (Å²) >= 11 is 0. The molecule has 238 valence electrons. The van der Waals surface area contributed by atoms with Crippen LogP contribution in [-0.2, 0) is 6.11 Å². The van der Waals surface area contributed by atoms with Gasteiger partial charge in [0.15, 0.2) is 0 Å². The Bertz CT molecular complexity index is 1600. The zero-order chi connectivity index (χ0) is 32.3. The molecule has 0 heterocycles. The van der Waals surface area contributed by atoms with Gasteiger partial charge in [0.25, 0.3) is 0 Å². The molecule has 0 radical (unpaired) electrons. The van der Waals surface area contributed by atoms with Crippen LogP contribution >= 0.6 is 0 Å². The van der Waals surface area contributed by atoms with Crippen molar-refractivity contribution in [2.24, 2.45) is 5.92 Å². The molecule has 4 aromatic carbocycles. The molecule has 1 aliphatic rings. The average Bonchev–Trinajstić information content (AvgIpc) is 2.97. The van der Waals surface area contributed by atoms with Crippen LogP contribution in [-0.4, -0.2) is 0 Å². The van der Waals surface area contributed by atoms with E-state index in [9.17, 15) is 8.78 Å². The maximum atomic E-state index is 15.1. The summed E-state index contributed by atoms with van der Waals surface area (Å²) in [5.74, 6) is -7.79. The molecule has 0 amide bonds. The molecular weight excluding hydrogens is 600 g/mol. The second kappa shape index (κ2) is 13.6. The Morgan fingerprint density at radius 3 is 1.84 bits per heavy atom. The van der Waals surface area contributed by atoms with Crippen LogP contribution in [0.2, 0.25) is 0 Å². The molecule has 0 aliphatic heterocycles. The predicted octanol–water partition coefficient (Wildman–Crippen LogP) is 11.8. The second-order valence-corrected chi connectivity index (χ2v) is 11.7. The van der Waals surface area contributed by atoms with E-state index in [1.807, 2.05) is 0 Å². The van der Waals surface area contributed by atoms with Crippen molar-refractivity contribution in [3.63, 3.8) is 0 Å². The summed E-state index contributed by atoms with van der Waals surface area (Å²) in [4.78, 5) is 0. The molecule has 0 bridgehead atoms. The van der Waals surface area contributed by atoms with E-state index in [1.165, 1.54) is 24.3 Å². The first-order valence-electron chi connectivity index (χ1n) is 15.1. The van der Waals surface area contributed by atoms with Gasteiger partial charge in [-0.2, -0.15) is 8.78 Å². The third-order valence-corrected chi connectivity index (χ3v) is 8.56. The topological polar surface area (TPSA) is 9.23 Å². The minimum absolute atomic E-state index is 0.0457. The van der Waals surface area contributed by atoms with Crippen LogP contribution in [0.5, 0.6) is 5.75 Å². The van der Waals surface area contributed by atoms with Crippen molar-refractivity contribution in [2.45, 2.75) is 70.3 Å². The number of halogens is 8. The monoisotopic (exact) mass is 632 g/mol. The molecule has 0 unspecified atom stereocenters. The Labute approximate surface area is 256 Å². The lowest BCUT2D eigenvalue weighted by atomic mass is 9.77. The number of ether oxygens (including phenoxy) is 1. The lowest BCUT2D eigenvalue weighted by molar-refractivity contribution is -0.189. The van der Waals surface area contributed by atoms with E-state index in [0.717, 1.165) is 68.9 Å². The van der Waals surface area contributed by atoms with Gasteiger partial charge >= 0.3 is 6.11 Å². The van der Waals surface area contributed by atoms with Crippen LogP contribution in [0.1, 0.15) is 75.3 Å². The lowest BCUT2D eigenvalue weighted by Gasteiger charge is -2.29. The summed E-state index contributed by atoms with van der Waals surface area (Å²) in [7, 11) is 0. The molecule has 5 rings (SSSR count). The van der Waals surface area contributed by atoms with E-state index in [0.29, 0.717) is 36.5 Å². The molecule has 1 saturated carbocycles. The van der Waals surface area contributed by atoms with Crippen molar-refractivity contribution >= 4 is 0 Å². The highest BCUT2D eigenvalue weighted by atomic mass is 19.3. The zero-order valence-electron chi connectivity index (χ0n) is 24.6. The number of benzene rings is 4. The van der Waals surface area contributed by atoms with Crippen molar-refractivity contribution in [3.8, 4) is 28.0 Å². The second-order valence-electron chi connectivity index (χ2n) is 11.7. The molecule has 0 saturated heterocycles. The number of alkyl halides is 2. The van der Waals surface area contributed by atoms with Gasteiger partial charge in [-0.15, -0.1) is 0 Å².